The second kappa shape index (κ2) is 7.73. The molecule has 0 saturated heterocycles. The molecule has 0 heterocycles. The number of hydrogen-bond acceptors (Lipinski definition) is 4. The van der Waals surface area contributed by atoms with Crippen LogP contribution in [-0.2, 0) is 4.79 Å². The number of urea groups is 1. The van der Waals surface area contributed by atoms with Gasteiger partial charge in [-0.05, 0) is 18.6 Å². The summed E-state index contributed by atoms with van der Waals surface area (Å²) in [5.74, 6) is -1.39. The molecule has 5 N–H and O–H groups in total. The first-order chi connectivity index (χ1) is 9.93. The van der Waals surface area contributed by atoms with E-state index in [-0.39, 0.29) is 17.7 Å². The van der Waals surface area contributed by atoms with Crippen molar-refractivity contribution in [2.24, 2.45) is 5.73 Å². The summed E-state index contributed by atoms with van der Waals surface area (Å²) in [4.78, 5) is 33.0. The van der Waals surface area contributed by atoms with E-state index in [1.807, 2.05) is 0 Å². The van der Waals surface area contributed by atoms with Crippen molar-refractivity contribution < 1.29 is 24.2 Å². The Morgan fingerprint density at radius 2 is 2.05 bits per heavy atom. The maximum atomic E-state index is 11.6. The Bertz CT molecular complexity index is 545. The average molecular weight is 295 g/mol. The van der Waals surface area contributed by atoms with Crippen LogP contribution in [-0.4, -0.2) is 36.7 Å². The molecule has 21 heavy (non-hydrogen) atoms. The van der Waals surface area contributed by atoms with Gasteiger partial charge in [-0.25, -0.2) is 9.59 Å². The molecule has 0 aromatic heterocycles. The minimum atomic E-state index is -1.12. The zero-order valence-electron chi connectivity index (χ0n) is 11.5. The van der Waals surface area contributed by atoms with Crippen LogP contribution < -0.4 is 21.1 Å². The van der Waals surface area contributed by atoms with Crippen molar-refractivity contribution in [3.63, 3.8) is 0 Å². The van der Waals surface area contributed by atoms with E-state index in [9.17, 15) is 14.4 Å². The van der Waals surface area contributed by atoms with E-state index in [0.717, 1.165) is 0 Å². The second-order valence-corrected chi connectivity index (χ2v) is 4.17. The highest BCUT2D eigenvalue weighted by molar-refractivity contribution is 5.94. The van der Waals surface area contributed by atoms with Gasteiger partial charge in [0.25, 0.3) is 0 Å². The fourth-order valence-electron chi connectivity index (χ4n) is 1.59. The minimum absolute atomic E-state index is 0.00455. The SMILES string of the molecule is COc1cc(NC(=O)NCCCC(N)=O)ccc1C(=O)O. The molecule has 114 valence electrons. The predicted octanol–water partition coefficient (Wildman–Crippen LogP) is 0.780. The van der Waals surface area contributed by atoms with E-state index in [2.05, 4.69) is 10.6 Å². The number of rotatable bonds is 7. The highest BCUT2D eigenvalue weighted by Gasteiger charge is 2.12. The van der Waals surface area contributed by atoms with Crippen LogP contribution in [0.15, 0.2) is 18.2 Å². The first-order valence-electron chi connectivity index (χ1n) is 6.18. The number of carbonyl (C=O) groups excluding carboxylic acids is 2. The molecule has 0 spiro atoms. The molecule has 0 atom stereocenters. The first kappa shape index (κ1) is 16.3. The molecule has 0 bridgehead atoms. The zero-order chi connectivity index (χ0) is 15.8. The van der Waals surface area contributed by atoms with Crippen LogP contribution in [0, 0.1) is 0 Å². The van der Waals surface area contributed by atoms with E-state index < -0.39 is 17.9 Å². The number of aromatic carboxylic acids is 1. The number of ether oxygens (including phenoxy) is 1. The number of nitrogens with one attached hydrogen (secondary N) is 2. The number of carboxylic acid groups (broad SMARTS) is 1. The molecule has 8 nitrogen and oxygen atoms in total. The summed E-state index contributed by atoms with van der Waals surface area (Å²) in [6.45, 7) is 0.305. The van der Waals surface area contributed by atoms with E-state index in [4.69, 9.17) is 15.6 Å². The van der Waals surface area contributed by atoms with Gasteiger partial charge < -0.3 is 26.2 Å². The van der Waals surface area contributed by atoms with Crippen molar-refractivity contribution in [1.82, 2.24) is 5.32 Å². The number of hydrogen-bond donors (Lipinski definition) is 4. The Labute approximate surface area is 121 Å². The summed E-state index contributed by atoms with van der Waals surface area (Å²) in [6.07, 6.45) is 0.644. The zero-order valence-corrected chi connectivity index (χ0v) is 11.5. The molecular weight excluding hydrogens is 278 g/mol. The molecule has 1 aromatic rings. The Hall–Kier alpha value is -2.77. The molecule has 0 saturated carbocycles. The molecule has 0 aliphatic heterocycles. The number of methoxy groups -OCH3 is 1. The van der Waals surface area contributed by atoms with Gasteiger partial charge in [0.2, 0.25) is 5.91 Å². The van der Waals surface area contributed by atoms with Crippen LogP contribution in [0.5, 0.6) is 5.75 Å². The predicted molar refractivity (Wildman–Crippen MR) is 75.4 cm³/mol. The molecule has 0 fully saturated rings. The molecular formula is C13H17N3O5. The lowest BCUT2D eigenvalue weighted by molar-refractivity contribution is -0.118. The van der Waals surface area contributed by atoms with Gasteiger partial charge in [-0.15, -0.1) is 0 Å². The lowest BCUT2D eigenvalue weighted by Crippen LogP contribution is -2.30. The maximum absolute atomic E-state index is 11.6. The topological polar surface area (TPSA) is 131 Å². The Balaban J connectivity index is 2.56. The lowest BCUT2D eigenvalue weighted by Gasteiger charge is -2.10. The van der Waals surface area contributed by atoms with Gasteiger partial charge in [-0.2, -0.15) is 0 Å². The molecule has 3 amide bonds. The quantitative estimate of drug-likeness (QED) is 0.552. The number of carbonyl (C=O) groups is 3. The molecule has 0 aliphatic carbocycles. The van der Waals surface area contributed by atoms with Crippen molar-refractivity contribution in [2.45, 2.75) is 12.8 Å². The van der Waals surface area contributed by atoms with E-state index >= 15 is 0 Å². The van der Waals surface area contributed by atoms with Crippen LogP contribution in [0.4, 0.5) is 10.5 Å². The summed E-state index contributed by atoms with van der Waals surface area (Å²) in [6, 6.07) is 3.73. The summed E-state index contributed by atoms with van der Waals surface area (Å²) in [5, 5.41) is 14.0. The monoisotopic (exact) mass is 295 g/mol. The van der Waals surface area contributed by atoms with Gasteiger partial charge in [0, 0.05) is 24.7 Å². The number of carboxylic acids is 1. The molecule has 1 aromatic carbocycles. The van der Waals surface area contributed by atoms with Crippen LogP contribution in [0.25, 0.3) is 0 Å². The van der Waals surface area contributed by atoms with Crippen LogP contribution >= 0.6 is 0 Å². The van der Waals surface area contributed by atoms with Crippen molar-refractivity contribution in [1.29, 1.82) is 0 Å². The standard InChI is InChI=1S/C13H17N3O5/c1-21-10-7-8(4-5-9(10)12(18)19)16-13(20)15-6-2-3-11(14)17/h4-5,7H,2-3,6H2,1H3,(H2,14,17)(H,18,19)(H2,15,16,20). The molecule has 1 rings (SSSR count). The van der Waals surface area contributed by atoms with Crippen molar-refractivity contribution in [3.05, 3.63) is 23.8 Å². The summed E-state index contributed by atoms with van der Waals surface area (Å²) >= 11 is 0. The summed E-state index contributed by atoms with van der Waals surface area (Å²) in [7, 11) is 1.34. The molecule has 0 radical (unpaired) electrons. The highest BCUT2D eigenvalue weighted by Crippen LogP contribution is 2.23. The Morgan fingerprint density at radius 1 is 1.33 bits per heavy atom. The first-order valence-corrected chi connectivity index (χ1v) is 6.18. The normalized spacial score (nSPS) is 9.76. The second-order valence-electron chi connectivity index (χ2n) is 4.17. The number of primary amides is 1. The van der Waals surface area contributed by atoms with Gasteiger partial charge in [0.05, 0.1) is 7.11 Å². The van der Waals surface area contributed by atoms with Crippen LogP contribution in [0.1, 0.15) is 23.2 Å². The molecule has 0 aliphatic rings. The van der Waals surface area contributed by atoms with Gasteiger partial charge in [0.1, 0.15) is 11.3 Å². The lowest BCUT2D eigenvalue weighted by atomic mass is 10.2. The van der Waals surface area contributed by atoms with Crippen molar-refractivity contribution >= 4 is 23.6 Å². The van der Waals surface area contributed by atoms with E-state index in [0.29, 0.717) is 18.7 Å². The largest absolute Gasteiger partial charge is 0.496 e. The summed E-state index contributed by atoms with van der Waals surface area (Å²) in [5.41, 5.74) is 5.37. The summed E-state index contributed by atoms with van der Waals surface area (Å²) < 4.78 is 4.95. The fraction of sp³-hybridized carbons (Fsp3) is 0.308. The number of benzene rings is 1. The van der Waals surface area contributed by atoms with Gasteiger partial charge >= 0.3 is 12.0 Å². The van der Waals surface area contributed by atoms with Crippen LogP contribution in [0.3, 0.4) is 0 Å². The van der Waals surface area contributed by atoms with E-state index in [1.54, 1.807) is 0 Å². The number of anilines is 1. The highest BCUT2D eigenvalue weighted by atomic mass is 16.5. The van der Waals surface area contributed by atoms with E-state index in [1.165, 1.54) is 25.3 Å². The molecule has 8 heteroatoms. The fourth-order valence-corrected chi connectivity index (χ4v) is 1.59. The third kappa shape index (κ3) is 5.39. The van der Waals surface area contributed by atoms with Crippen molar-refractivity contribution in [2.75, 3.05) is 19.0 Å². The van der Waals surface area contributed by atoms with Gasteiger partial charge in [-0.1, -0.05) is 0 Å². The van der Waals surface area contributed by atoms with Gasteiger partial charge in [0.15, 0.2) is 0 Å². The van der Waals surface area contributed by atoms with Gasteiger partial charge in [-0.3, -0.25) is 4.79 Å². The average Bonchev–Trinajstić information content (AvgIpc) is 2.43. The maximum Gasteiger partial charge on any atom is 0.339 e. The van der Waals surface area contributed by atoms with Crippen molar-refractivity contribution in [3.8, 4) is 5.75 Å². The third-order valence-electron chi connectivity index (χ3n) is 2.58. The molecule has 0 unspecified atom stereocenters. The Morgan fingerprint density at radius 3 is 2.62 bits per heavy atom. The van der Waals surface area contributed by atoms with Crippen LogP contribution in [0.2, 0.25) is 0 Å². The number of amides is 3. The smallest absolute Gasteiger partial charge is 0.339 e. The third-order valence-corrected chi connectivity index (χ3v) is 2.58. The Kier molecular flexibility index (Phi) is 5.99. The number of nitrogens with two attached hydrogens (primary N) is 1. The minimum Gasteiger partial charge on any atom is -0.496 e.